The normalized spacial score (nSPS) is 14.1. The van der Waals surface area contributed by atoms with Gasteiger partial charge in [-0.05, 0) is 80.9 Å². The first-order valence-corrected chi connectivity index (χ1v) is 14.5. The van der Waals surface area contributed by atoms with E-state index in [4.69, 9.17) is 0 Å². The minimum atomic E-state index is -0.334. The van der Waals surface area contributed by atoms with Gasteiger partial charge in [-0.25, -0.2) is 4.39 Å². The average molecular weight is 546 g/mol. The lowest BCUT2D eigenvalue weighted by Gasteiger charge is -2.30. The summed E-state index contributed by atoms with van der Waals surface area (Å²) in [6.45, 7) is 8.32. The van der Waals surface area contributed by atoms with Crippen molar-refractivity contribution < 1.29 is 14.0 Å². The molecule has 1 aliphatic heterocycles. The summed E-state index contributed by atoms with van der Waals surface area (Å²) >= 11 is 1.40. The summed E-state index contributed by atoms with van der Waals surface area (Å²) in [5.41, 5.74) is 2.64. The molecular formula is C32H36FN3O2S. The Morgan fingerprint density at radius 1 is 0.949 bits per heavy atom. The zero-order valence-corrected chi connectivity index (χ0v) is 23.5. The molecule has 3 aromatic carbocycles. The van der Waals surface area contributed by atoms with E-state index in [0.717, 1.165) is 55.0 Å². The van der Waals surface area contributed by atoms with Gasteiger partial charge in [-0.1, -0.05) is 68.1 Å². The van der Waals surface area contributed by atoms with Crippen LogP contribution in [0.2, 0.25) is 0 Å². The number of nitrogens with zero attached hydrogens (tertiary/aromatic N) is 2. The Morgan fingerprint density at radius 3 is 2.36 bits per heavy atom. The molecule has 0 radical (unpaired) electrons. The van der Waals surface area contributed by atoms with Crippen LogP contribution in [0, 0.1) is 5.82 Å². The summed E-state index contributed by atoms with van der Waals surface area (Å²) in [5, 5.41) is 3.01. The smallest absolute Gasteiger partial charge is 0.265 e. The molecule has 7 heteroatoms. The number of thioether (sulfide) groups is 1. The molecule has 0 fully saturated rings. The van der Waals surface area contributed by atoms with Crippen LogP contribution in [0.4, 0.5) is 10.1 Å². The fraction of sp³-hybridized carbons (Fsp3) is 0.312. The largest absolute Gasteiger partial charge is 0.352 e. The fourth-order valence-corrected chi connectivity index (χ4v) is 5.73. The number of carbonyl (C=O) groups excluding carboxylic acids is 2. The number of halogens is 1. The van der Waals surface area contributed by atoms with E-state index in [-0.39, 0.29) is 24.2 Å². The number of para-hydroxylation sites is 1. The van der Waals surface area contributed by atoms with Gasteiger partial charge in [-0.15, -0.1) is 0 Å². The van der Waals surface area contributed by atoms with E-state index >= 15 is 0 Å². The highest BCUT2D eigenvalue weighted by atomic mass is 32.2. The maximum Gasteiger partial charge on any atom is 0.265 e. The Hall–Kier alpha value is -3.42. The van der Waals surface area contributed by atoms with E-state index in [2.05, 4.69) is 24.1 Å². The van der Waals surface area contributed by atoms with E-state index in [0.29, 0.717) is 22.6 Å². The van der Waals surface area contributed by atoms with Crippen LogP contribution < -0.4 is 10.2 Å². The number of hydrogen-bond donors (Lipinski definition) is 1. The van der Waals surface area contributed by atoms with Crippen LogP contribution in [0.5, 0.6) is 0 Å². The molecule has 0 aliphatic carbocycles. The van der Waals surface area contributed by atoms with Crippen molar-refractivity contribution in [3.05, 3.63) is 100 Å². The SMILES string of the molecule is CCCN(CCC)CCCNC(=O)c1ccc(/C=C2/Sc3ccccc3N(Cc3ccccc3F)C2=O)cc1. The Morgan fingerprint density at radius 2 is 1.64 bits per heavy atom. The van der Waals surface area contributed by atoms with Gasteiger partial charge in [-0.3, -0.25) is 9.59 Å². The maximum absolute atomic E-state index is 14.4. The summed E-state index contributed by atoms with van der Waals surface area (Å²) < 4.78 is 14.4. The molecule has 5 nitrogen and oxygen atoms in total. The number of amides is 2. The third-order valence-electron chi connectivity index (χ3n) is 6.61. The van der Waals surface area contributed by atoms with Crippen molar-refractivity contribution in [1.29, 1.82) is 0 Å². The highest BCUT2D eigenvalue weighted by molar-refractivity contribution is 8.04. The van der Waals surface area contributed by atoms with Gasteiger partial charge in [0.1, 0.15) is 5.82 Å². The highest BCUT2D eigenvalue weighted by Gasteiger charge is 2.29. The van der Waals surface area contributed by atoms with Crippen LogP contribution in [-0.4, -0.2) is 42.9 Å². The van der Waals surface area contributed by atoms with Gasteiger partial charge in [0.2, 0.25) is 0 Å². The van der Waals surface area contributed by atoms with Crippen LogP contribution in [-0.2, 0) is 11.3 Å². The van der Waals surface area contributed by atoms with Crippen molar-refractivity contribution in [2.24, 2.45) is 0 Å². The van der Waals surface area contributed by atoms with Crippen molar-refractivity contribution in [2.75, 3.05) is 31.1 Å². The lowest BCUT2D eigenvalue weighted by Crippen LogP contribution is -2.34. The summed E-state index contributed by atoms with van der Waals surface area (Å²) in [6, 6.07) is 21.5. The molecule has 2 amide bonds. The first-order chi connectivity index (χ1) is 19.0. The number of hydrogen-bond acceptors (Lipinski definition) is 4. The third kappa shape index (κ3) is 7.58. The summed E-state index contributed by atoms with van der Waals surface area (Å²) in [5.74, 6) is -0.608. The lowest BCUT2D eigenvalue weighted by atomic mass is 10.1. The van der Waals surface area contributed by atoms with Crippen LogP contribution in [0.3, 0.4) is 0 Å². The first-order valence-electron chi connectivity index (χ1n) is 13.6. The fourth-order valence-electron chi connectivity index (χ4n) is 4.67. The molecular weight excluding hydrogens is 509 g/mol. The monoisotopic (exact) mass is 545 g/mol. The van der Waals surface area contributed by atoms with Gasteiger partial charge >= 0.3 is 0 Å². The molecule has 0 aromatic heterocycles. The van der Waals surface area contributed by atoms with Crippen LogP contribution in [0.15, 0.2) is 82.6 Å². The first kappa shape index (κ1) is 28.6. The molecule has 1 heterocycles. The minimum Gasteiger partial charge on any atom is -0.352 e. The van der Waals surface area contributed by atoms with E-state index in [1.54, 1.807) is 35.2 Å². The Kier molecular flexibility index (Phi) is 10.3. The number of rotatable bonds is 12. The van der Waals surface area contributed by atoms with Crippen molar-refractivity contribution in [3.8, 4) is 0 Å². The Balaban J connectivity index is 1.42. The van der Waals surface area contributed by atoms with Gasteiger partial charge in [0.15, 0.2) is 0 Å². The second kappa shape index (κ2) is 14.1. The number of fused-ring (bicyclic) bond motifs is 1. The predicted molar refractivity (Wildman–Crippen MR) is 158 cm³/mol. The quantitative estimate of drug-likeness (QED) is 0.202. The zero-order valence-electron chi connectivity index (χ0n) is 22.7. The lowest BCUT2D eigenvalue weighted by molar-refractivity contribution is -0.114. The standard InChI is InChI=1S/C32H36FN3O2S/c1-3-19-35(20-4-2)21-9-18-34-31(37)25-16-14-24(15-17-25)22-30-32(38)36(23-26-10-5-6-11-27(26)33)28-12-7-8-13-29(28)39-30/h5-8,10-17,22H,3-4,9,18-21,23H2,1-2H3,(H,34,37)/b30-22+. The number of anilines is 1. The molecule has 0 bridgehead atoms. The van der Waals surface area contributed by atoms with Gasteiger partial charge < -0.3 is 15.1 Å². The maximum atomic E-state index is 14.4. The highest BCUT2D eigenvalue weighted by Crippen LogP contribution is 2.42. The number of nitrogens with one attached hydrogen (secondary N) is 1. The van der Waals surface area contributed by atoms with Crippen molar-refractivity contribution >= 4 is 35.3 Å². The summed E-state index contributed by atoms with van der Waals surface area (Å²) in [6.07, 6.45) is 5.01. The molecule has 0 spiro atoms. The van der Waals surface area contributed by atoms with Crippen molar-refractivity contribution in [3.63, 3.8) is 0 Å². The summed E-state index contributed by atoms with van der Waals surface area (Å²) in [4.78, 5) is 31.7. The molecule has 0 saturated carbocycles. The molecule has 3 aromatic rings. The summed E-state index contributed by atoms with van der Waals surface area (Å²) in [7, 11) is 0. The van der Waals surface area contributed by atoms with Crippen LogP contribution in [0.1, 0.15) is 54.6 Å². The molecule has 0 unspecified atom stereocenters. The van der Waals surface area contributed by atoms with Gasteiger partial charge in [-0.2, -0.15) is 0 Å². The molecule has 1 N–H and O–H groups in total. The van der Waals surface area contributed by atoms with Gasteiger partial charge in [0.05, 0.1) is 17.1 Å². The average Bonchev–Trinajstić information content (AvgIpc) is 2.95. The van der Waals surface area contributed by atoms with Crippen molar-refractivity contribution in [1.82, 2.24) is 10.2 Å². The third-order valence-corrected chi connectivity index (χ3v) is 7.68. The zero-order chi connectivity index (χ0) is 27.6. The van der Waals surface area contributed by atoms with E-state index in [9.17, 15) is 14.0 Å². The predicted octanol–water partition coefficient (Wildman–Crippen LogP) is 6.75. The topological polar surface area (TPSA) is 52.7 Å². The second-order valence-electron chi connectivity index (χ2n) is 9.63. The van der Waals surface area contributed by atoms with E-state index in [1.807, 2.05) is 42.5 Å². The molecule has 4 rings (SSSR count). The molecule has 0 saturated heterocycles. The Bertz CT molecular complexity index is 1300. The molecule has 39 heavy (non-hydrogen) atoms. The molecule has 0 atom stereocenters. The molecule has 204 valence electrons. The number of benzene rings is 3. The van der Waals surface area contributed by atoms with Crippen molar-refractivity contribution in [2.45, 2.75) is 44.6 Å². The minimum absolute atomic E-state index is 0.0974. The van der Waals surface area contributed by atoms with E-state index in [1.165, 1.54) is 17.8 Å². The van der Waals surface area contributed by atoms with Crippen LogP contribution >= 0.6 is 11.8 Å². The number of carbonyl (C=O) groups is 2. The Labute approximate surface area is 235 Å². The van der Waals surface area contributed by atoms with Gasteiger partial charge in [0.25, 0.3) is 11.8 Å². The van der Waals surface area contributed by atoms with Gasteiger partial charge in [0, 0.05) is 22.6 Å². The van der Waals surface area contributed by atoms with Crippen LogP contribution in [0.25, 0.3) is 6.08 Å². The second-order valence-corrected chi connectivity index (χ2v) is 10.7. The van der Waals surface area contributed by atoms with E-state index < -0.39 is 0 Å². The molecule has 1 aliphatic rings.